The van der Waals surface area contributed by atoms with Crippen LogP contribution in [0.1, 0.15) is 24.8 Å². The number of carbonyl (C=O) groups is 1. The summed E-state index contributed by atoms with van der Waals surface area (Å²) in [5.74, 6) is -0.561. The lowest BCUT2D eigenvalue weighted by Crippen LogP contribution is -2.63. The van der Waals surface area contributed by atoms with Crippen LogP contribution in [0, 0.1) is 0 Å². The molecule has 1 aromatic rings. The second-order valence-corrected chi connectivity index (χ2v) is 4.78. The van der Waals surface area contributed by atoms with Crippen LogP contribution in [0.15, 0.2) is 30.3 Å². The SMILES string of the molecule is COC(=O)[C@H](c1ccccc1)C1(C)NCCCN1. The van der Waals surface area contributed by atoms with E-state index in [9.17, 15) is 4.79 Å². The van der Waals surface area contributed by atoms with Crippen molar-refractivity contribution < 1.29 is 9.53 Å². The van der Waals surface area contributed by atoms with Gasteiger partial charge >= 0.3 is 5.97 Å². The smallest absolute Gasteiger partial charge is 0.316 e. The summed E-state index contributed by atoms with van der Waals surface area (Å²) in [6, 6.07) is 9.76. The topological polar surface area (TPSA) is 50.4 Å². The highest BCUT2D eigenvalue weighted by Gasteiger charge is 2.41. The Labute approximate surface area is 108 Å². The zero-order chi connectivity index (χ0) is 13.0. The summed E-state index contributed by atoms with van der Waals surface area (Å²) in [6.07, 6.45) is 1.07. The van der Waals surface area contributed by atoms with Gasteiger partial charge in [-0.25, -0.2) is 0 Å². The minimum absolute atomic E-state index is 0.217. The molecule has 0 saturated carbocycles. The molecule has 0 amide bonds. The van der Waals surface area contributed by atoms with Gasteiger partial charge < -0.3 is 4.74 Å². The first-order valence-electron chi connectivity index (χ1n) is 6.30. The molecule has 0 spiro atoms. The van der Waals surface area contributed by atoms with Crippen LogP contribution in [0.5, 0.6) is 0 Å². The molecule has 0 aromatic heterocycles. The van der Waals surface area contributed by atoms with Crippen LogP contribution < -0.4 is 10.6 Å². The molecule has 1 fully saturated rings. The van der Waals surface area contributed by atoms with Crippen molar-refractivity contribution in [3.8, 4) is 0 Å². The van der Waals surface area contributed by atoms with Crippen molar-refractivity contribution in [1.82, 2.24) is 10.6 Å². The molecular formula is C14H20N2O2. The minimum atomic E-state index is -0.452. The molecule has 0 radical (unpaired) electrons. The third kappa shape index (κ3) is 2.54. The fourth-order valence-electron chi connectivity index (χ4n) is 2.52. The summed E-state index contributed by atoms with van der Waals surface area (Å²) in [5.41, 5.74) is 0.515. The van der Waals surface area contributed by atoms with Gasteiger partial charge in [0.25, 0.3) is 0 Å². The third-order valence-corrected chi connectivity index (χ3v) is 3.49. The Morgan fingerprint density at radius 2 is 1.89 bits per heavy atom. The summed E-state index contributed by atoms with van der Waals surface area (Å²) >= 11 is 0. The van der Waals surface area contributed by atoms with Crippen LogP contribution >= 0.6 is 0 Å². The van der Waals surface area contributed by atoms with E-state index in [1.165, 1.54) is 7.11 Å². The van der Waals surface area contributed by atoms with Gasteiger partial charge in [0.1, 0.15) is 5.92 Å². The van der Waals surface area contributed by atoms with Crippen molar-refractivity contribution in [2.24, 2.45) is 0 Å². The van der Waals surface area contributed by atoms with E-state index in [1.807, 2.05) is 37.3 Å². The van der Waals surface area contributed by atoms with E-state index in [1.54, 1.807) is 0 Å². The first-order valence-corrected chi connectivity index (χ1v) is 6.30. The van der Waals surface area contributed by atoms with Crippen molar-refractivity contribution >= 4 is 5.97 Å². The lowest BCUT2D eigenvalue weighted by Gasteiger charge is -2.41. The number of benzene rings is 1. The number of carbonyl (C=O) groups excluding carboxylic acids is 1. The quantitative estimate of drug-likeness (QED) is 0.790. The Morgan fingerprint density at radius 3 is 2.44 bits per heavy atom. The first-order chi connectivity index (χ1) is 8.67. The Morgan fingerprint density at radius 1 is 1.28 bits per heavy atom. The molecule has 1 saturated heterocycles. The van der Waals surface area contributed by atoms with Crippen LogP contribution in [0.25, 0.3) is 0 Å². The Balaban J connectivity index is 2.33. The van der Waals surface area contributed by atoms with E-state index in [0.717, 1.165) is 25.1 Å². The molecule has 1 atom stereocenters. The van der Waals surface area contributed by atoms with Gasteiger partial charge in [-0.2, -0.15) is 0 Å². The number of methoxy groups -OCH3 is 1. The second kappa shape index (κ2) is 5.50. The maximum atomic E-state index is 12.1. The van der Waals surface area contributed by atoms with E-state index < -0.39 is 5.66 Å². The number of esters is 1. The normalized spacial score (nSPS) is 20.1. The summed E-state index contributed by atoms with van der Waals surface area (Å²) in [6.45, 7) is 3.83. The van der Waals surface area contributed by atoms with Crippen LogP contribution in [0.2, 0.25) is 0 Å². The summed E-state index contributed by atoms with van der Waals surface area (Å²) in [7, 11) is 1.43. The van der Waals surface area contributed by atoms with Gasteiger partial charge in [0.05, 0.1) is 12.8 Å². The van der Waals surface area contributed by atoms with Crippen LogP contribution in [0.4, 0.5) is 0 Å². The zero-order valence-electron chi connectivity index (χ0n) is 10.9. The highest BCUT2D eigenvalue weighted by Crippen LogP contribution is 2.29. The first kappa shape index (κ1) is 13.1. The summed E-state index contributed by atoms with van der Waals surface area (Å²) in [4.78, 5) is 12.1. The summed E-state index contributed by atoms with van der Waals surface area (Å²) in [5, 5.41) is 6.79. The molecule has 1 aromatic carbocycles. The lowest BCUT2D eigenvalue weighted by molar-refractivity contribution is -0.145. The van der Waals surface area contributed by atoms with E-state index in [0.29, 0.717) is 0 Å². The van der Waals surface area contributed by atoms with Gasteiger partial charge in [0.15, 0.2) is 0 Å². The fraction of sp³-hybridized carbons (Fsp3) is 0.500. The van der Waals surface area contributed by atoms with E-state index in [4.69, 9.17) is 4.74 Å². The largest absolute Gasteiger partial charge is 0.468 e. The van der Waals surface area contributed by atoms with E-state index >= 15 is 0 Å². The van der Waals surface area contributed by atoms with Gasteiger partial charge in [-0.05, 0) is 32.0 Å². The van der Waals surface area contributed by atoms with Gasteiger partial charge in [0.2, 0.25) is 0 Å². The van der Waals surface area contributed by atoms with E-state index in [-0.39, 0.29) is 11.9 Å². The lowest BCUT2D eigenvalue weighted by atomic mass is 9.85. The maximum absolute atomic E-state index is 12.1. The second-order valence-electron chi connectivity index (χ2n) is 4.78. The molecule has 4 heteroatoms. The van der Waals surface area contributed by atoms with Crippen molar-refractivity contribution in [2.45, 2.75) is 24.9 Å². The van der Waals surface area contributed by atoms with Crippen LogP contribution in [-0.4, -0.2) is 31.8 Å². The van der Waals surface area contributed by atoms with E-state index in [2.05, 4.69) is 10.6 Å². The monoisotopic (exact) mass is 248 g/mol. The molecular weight excluding hydrogens is 228 g/mol. The van der Waals surface area contributed by atoms with Crippen molar-refractivity contribution in [1.29, 1.82) is 0 Å². The van der Waals surface area contributed by atoms with Crippen molar-refractivity contribution in [3.63, 3.8) is 0 Å². The highest BCUT2D eigenvalue weighted by molar-refractivity contribution is 5.79. The van der Waals surface area contributed by atoms with Gasteiger partial charge in [0, 0.05) is 0 Å². The molecule has 0 bridgehead atoms. The predicted molar refractivity (Wildman–Crippen MR) is 70.2 cm³/mol. The Hall–Kier alpha value is -1.39. The summed E-state index contributed by atoms with van der Waals surface area (Å²) < 4.78 is 4.97. The zero-order valence-corrected chi connectivity index (χ0v) is 10.9. The predicted octanol–water partition coefficient (Wildman–Crippen LogP) is 1.24. The molecule has 0 aliphatic carbocycles. The van der Waals surface area contributed by atoms with Gasteiger partial charge in [-0.3, -0.25) is 15.4 Å². The number of ether oxygens (including phenoxy) is 1. The van der Waals surface area contributed by atoms with Crippen LogP contribution in [-0.2, 0) is 9.53 Å². The molecule has 1 aliphatic heterocycles. The average molecular weight is 248 g/mol. The molecule has 18 heavy (non-hydrogen) atoms. The minimum Gasteiger partial charge on any atom is -0.468 e. The van der Waals surface area contributed by atoms with Crippen LogP contribution in [0.3, 0.4) is 0 Å². The fourth-order valence-corrected chi connectivity index (χ4v) is 2.52. The number of hydrogen-bond donors (Lipinski definition) is 2. The average Bonchev–Trinajstić information content (AvgIpc) is 2.40. The number of nitrogens with one attached hydrogen (secondary N) is 2. The Kier molecular flexibility index (Phi) is 3.99. The molecule has 4 nitrogen and oxygen atoms in total. The molecule has 2 rings (SSSR count). The standard InChI is InChI=1S/C14H20N2O2/c1-14(15-9-6-10-16-14)12(13(17)18-2)11-7-4-3-5-8-11/h3-5,7-8,12,15-16H,6,9-10H2,1-2H3/t12-/m0/s1. The number of hydrogen-bond acceptors (Lipinski definition) is 4. The molecule has 0 unspecified atom stereocenters. The molecule has 98 valence electrons. The number of rotatable bonds is 3. The van der Waals surface area contributed by atoms with Crippen molar-refractivity contribution in [2.75, 3.05) is 20.2 Å². The Bertz CT molecular complexity index is 400. The van der Waals surface area contributed by atoms with Gasteiger partial charge in [-0.1, -0.05) is 30.3 Å². The van der Waals surface area contributed by atoms with Crippen molar-refractivity contribution in [3.05, 3.63) is 35.9 Å². The molecule has 1 aliphatic rings. The maximum Gasteiger partial charge on any atom is 0.316 e. The third-order valence-electron chi connectivity index (χ3n) is 3.49. The molecule has 1 heterocycles. The van der Waals surface area contributed by atoms with Gasteiger partial charge in [-0.15, -0.1) is 0 Å². The highest BCUT2D eigenvalue weighted by atomic mass is 16.5. The molecule has 2 N–H and O–H groups in total.